The van der Waals surface area contributed by atoms with Crippen LogP contribution in [0.1, 0.15) is 22.9 Å². The lowest BCUT2D eigenvalue weighted by Crippen LogP contribution is -2.28. The van der Waals surface area contributed by atoms with Crippen molar-refractivity contribution in [2.75, 3.05) is 6.54 Å². The van der Waals surface area contributed by atoms with E-state index in [9.17, 15) is 18.0 Å². The van der Waals surface area contributed by atoms with Crippen LogP contribution in [0.2, 0.25) is 0 Å². The lowest BCUT2D eigenvalue weighted by atomic mass is 10.1. The number of carbonyl (C=O) groups is 1. The number of thiophene rings is 1. The van der Waals surface area contributed by atoms with Gasteiger partial charge in [-0.3, -0.25) is 4.79 Å². The topological polar surface area (TPSA) is 20.3 Å². The Labute approximate surface area is 136 Å². The van der Waals surface area contributed by atoms with Gasteiger partial charge in [-0.2, -0.15) is 13.2 Å². The number of likely N-dealkylation sites (N-methyl/N-ethyl adjacent to an activating group) is 1. The predicted molar refractivity (Wildman–Crippen MR) is 85.9 cm³/mol. The number of halogens is 3. The van der Waals surface area contributed by atoms with E-state index in [1.165, 1.54) is 24.3 Å². The average molecular weight is 339 g/mol. The Kier molecular flexibility index (Phi) is 5.60. The first-order chi connectivity index (χ1) is 10.9. The van der Waals surface area contributed by atoms with Gasteiger partial charge in [-0.05, 0) is 42.1 Å². The highest BCUT2D eigenvalue weighted by atomic mass is 32.1. The molecule has 0 atom stereocenters. The molecule has 6 heteroatoms. The molecule has 0 radical (unpaired) electrons. The number of rotatable bonds is 5. The van der Waals surface area contributed by atoms with Crippen molar-refractivity contribution in [3.63, 3.8) is 0 Å². The van der Waals surface area contributed by atoms with Gasteiger partial charge in [-0.1, -0.05) is 18.2 Å². The standard InChI is InChI=1S/C17H16F3NOS/c1-2-21(12-15-7-4-10-23-15)16(22)9-8-13-5-3-6-14(11-13)17(18,19)20/h3-11H,2,12H2,1H3/b9-8+. The molecule has 0 aliphatic rings. The van der Waals surface area contributed by atoms with E-state index in [2.05, 4.69) is 0 Å². The normalized spacial score (nSPS) is 11.8. The largest absolute Gasteiger partial charge is 0.416 e. The summed E-state index contributed by atoms with van der Waals surface area (Å²) in [7, 11) is 0. The van der Waals surface area contributed by atoms with Gasteiger partial charge < -0.3 is 4.90 Å². The van der Waals surface area contributed by atoms with Gasteiger partial charge in [-0.25, -0.2) is 0 Å². The minimum absolute atomic E-state index is 0.224. The SMILES string of the molecule is CCN(Cc1cccs1)C(=O)/C=C/c1cccc(C(F)(F)F)c1. The summed E-state index contributed by atoms with van der Waals surface area (Å²) in [5.74, 6) is -0.224. The molecule has 1 heterocycles. The molecule has 0 saturated carbocycles. The number of hydrogen-bond acceptors (Lipinski definition) is 2. The minimum atomic E-state index is -4.39. The molecule has 23 heavy (non-hydrogen) atoms. The number of carbonyl (C=O) groups excluding carboxylic acids is 1. The number of nitrogens with zero attached hydrogens (tertiary/aromatic N) is 1. The minimum Gasteiger partial charge on any atom is -0.334 e. The summed E-state index contributed by atoms with van der Waals surface area (Å²) in [4.78, 5) is 14.9. The van der Waals surface area contributed by atoms with Gasteiger partial charge in [0, 0.05) is 17.5 Å². The zero-order valence-electron chi connectivity index (χ0n) is 12.5. The van der Waals surface area contributed by atoms with Crippen LogP contribution in [0.15, 0.2) is 47.9 Å². The molecule has 0 saturated heterocycles. The molecule has 0 bridgehead atoms. The van der Waals surface area contributed by atoms with Crippen LogP contribution in [0.25, 0.3) is 6.08 Å². The smallest absolute Gasteiger partial charge is 0.334 e. The van der Waals surface area contributed by atoms with Crippen molar-refractivity contribution in [1.29, 1.82) is 0 Å². The van der Waals surface area contributed by atoms with Crippen LogP contribution in [0, 0.1) is 0 Å². The first-order valence-corrected chi connectivity index (χ1v) is 7.94. The fourth-order valence-corrected chi connectivity index (χ4v) is 2.75. The Morgan fingerprint density at radius 1 is 1.26 bits per heavy atom. The fourth-order valence-electron chi connectivity index (χ4n) is 2.03. The highest BCUT2D eigenvalue weighted by Crippen LogP contribution is 2.29. The molecular weight excluding hydrogens is 323 g/mol. The first-order valence-electron chi connectivity index (χ1n) is 7.07. The number of hydrogen-bond donors (Lipinski definition) is 0. The second kappa shape index (κ2) is 7.46. The highest BCUT2D eigenvalue weighted by molar-refractivity contribution is 7.09. The molecule has 0 aliphatic heterocycles. The van der Waals surface area contributed by atoms with Gasteiger partial charge in [0.05, 0.1) is 12.1 Å². The monoisotopic (exact) mass is 339 g/mol. The van der Waals surface area contributed by atoms with E-state index in [1.54, 1.807) is 16.2 Å². The molecule has 2 aromatic rings. The van der Waals surface area contributed by atoms with Gasteiger partial charge in [0.1, 0.15) is 0 Å². The molecule has 1 aromatic carbocycles. The Morgan fingerprint density at radius 2 is 2.04 bits per heavy atom. The molecule has 2 nitrogen and oxygen atoms in total. The second-order valence-electron chi connectivity index (χ2n) is 4.89. The van der Waals surface area contributed by atoms with Crippen molar-refractivity contribution >= 4 is 23.3 Å². The number of alkyl halides is 3. The van der Waals surface area contributed by atoms with E-state index >= 15 is 0 Å². The summed E-state index contributed by atoms with van der Waals surface area (Å²) in [6, 6.07) is 8.76. The quantitative estimate of drug-likeness (QED) is 0.715. The Bertz CT molecular complexity index is 677. The molecular formula is C17H16F3NOS. The molecule has 0 aliphatic carbocycles. The third-order valence-corrected chi connectivity index (χ3v) is 4.11. The summed E-state index contributed by atoms with van der Waals surface area (Å²) in [5, 5.41) is 1.94. The van der Waals surface area contributed by atoms with Gasteiger partial charge in [-0.15, -0.1) is 11.3 Å². The van der Waals surface area contributed by atoms with Crippen molar-refractivity contribution < 1.29 is 18.0 Å². The average Bonchev–Trinajstić information content (AvgIpc) is 3.03. The molecule has 0 spiro atoms. The van der Waals surface area contributed by atoms with Gasteiger partial charge in [0.2, 0.25) is 5.91 Å². The third kappa shape index (κ3) is 4.96. The molecule has 0 fully saturated rings. The molecule has 0 unspecified atom stereocenters. The molecule has 1 amide bonds. The van der Waals surface area contributed by atoms with Crippen molar-refractivity contribution in [3.8, 4) is 0 Å². The summed E-state index contributed by atoms with van der Waals surface area (Å²) in [6.07, 6.45) is -1.66. The molecule has 1 aromatic heterocycles. The van der Waals surface area contributed by atoms with Crippen LogP contribution < -0.4 is 0 Å². The van der Waals surface area contributed by atoms with Gasteiger partial charge in [0.25, 0.3) is 0 Å². The maximum absolute atomic E-state index is 12.7. The van der Waals surface area contributed by atoms with E-state index in [4.69, 9.17) is 0 Å². The molecule has 2 rings (SSSR count). The van der Waals surface area contributed by atoms with E-state index in [0.717, 1.165) is 17.0 Å². The zero-order chi connectivity index (χ0) is 16.9. The van der Waals surface area contributed by atoms with Crippen LogP contribution in [-0.4, -0.2) is 17.4 Å². The summed E-state index contributed by atoms with van der Waals surface area (Å²) in [5.41, 5.74) is -0.376. The lowest BCUT2D eigenvalue weighted by Gasteiger charge is -2.18. The van der Waals surface area contributed by atoms with Crippen LogP contribution in [0.3, 0.4) is 0 Å². The van der Waals surface area contributed by atoms with Crippen molar-refractivity contribution in [2.24, 2.45) is 0 Å². The highest BCUT2D eigenvalue weighted by Gasteiger charge is 2.30. The van der Waals surface area contributed by atoms with E-state index in [1.807, 2.05) is 24.4 Å². The third-order valence-electron chi connectivity index (χ3n) is 3.25. The predicted octanol–water partition coefficient (Wildman–Crippen LogP) is 4.83. The van der Waals surface area contributed by atoms with Crippen molar-refractivity contribution in [3.05, 3.63) is 63.9 Å². The van der Waals surface area contributed by atoms with Crippen LogP contribution >= 0.6 is 11.3 Å². The summed E-state index contributed by atoms with van der Waals surface area (Å²) >= 11 is 1.56. The van der Waals surface area contributed by atoms with E-state index < -0.39 is 11.7 Å². The first kappa shape index (κ1) is 17.3. The second-order valence-corrected chi connectivity index (χ2v) is 5.92. The summed E-state index contributed by atoms with van der Waals surface area (Å²) < 4.78 is 38.0. The summed E-state index contributed by atoms with van der Waals surface area (Å²) in [6.45, 7) is 2.90. The van der Waals surface area contributed by atoms with Crippen LogP contribution in [-0.2, 0) is 17.5 Å². The maximum atomic E-state index is 12.7. The molecule has 0 N–H and O–H groups in total. The van der Waals surface area contributed by atoms with Crippen molar-refractivity contribution in [2.45, 2.75) is 19.6 Å². The fraction of sp³-hybridized carbons (Fsp3) is 0.235. The Balaban J connectivity index is 2.07. The van der Waals surface area contributed by atoms with E-state index in [-0.39, 0.29) is 5.91 Å². The Morgan fingerprint density at radius 3 is 2.65 bits per heavy atom. The van der Waals surface area contributed by atoms with Crippen LogP contribution in [0.5, 0.6) is 0 Å². The zero-order valence-corrected chi connectivity index (χ0v) is 13.3. The van der Waals surface area contributed by atoms with Crippen molar-refractivity contribution in [1.82, 2.24) is 4.90 Å². The lowest BCUT2D eigenvalue weighted by molar-refractivity contribution is -0.137. The van der Waals surface area contributed by atoms with Gasteiger partial charge >= 0.3 is 6.18 Å². The van der Waals surface area contributed by atoms with Crippen LogP contribution in [0.4, 0.5) is 13.2 Å². The molecule has 122 valence electrons. The number of benzene rings is 1. The van der Waals surface area contributed by atoms with Gasteiger partial charge in [0.15, 0.2) is 0 Å². The maximum Gasteiger partial charge on any atom is 0.416 e. The Hall–Kier alpha value is -2.08. The number of amides is 1. The van der Waals surface area contributed by atoms with E-state index in [0.29, 0.717) is 18.7 Å².